The van der Waals surface area contributed by atoms with Crippen LogP contribution in [0.4, 0.5) is 4.79 Å². The Hall–Kier alpha value is -1.34. The maximum atomic E-state index is 12.0. The number of likely N-dealkylation sites (tertiary alicyclic amines) is 2. The van der Waals surface area contributed by atoms with Crippen LogP contribution in [0.5, 0.6) is 0 Å². The van der Waals surface area contributed by atoms with Crippen LogP contribution in [-0.2, 0) is 9.53 Å². The molecule has 0 spiro atoms. The minimum Gasteiger partial charge on any atom is -0.380 e. The van der Waals surface area contributed by atoms with Gasteiger partial charge in [-0.25, -0.2) is 4.79 Å². The summed E-state index contributed by atoms with van der Waals surface area (Å²) >= 11 is 0. The van der Waals surface area contributed by atoms with Gasteiger partial charge < -0.3 is 25.2 Å². The van der Waals surface area contributed by atoms with Crippen molar-refractivity contribution in [1.82, 2.24) is 20.4 Å². The van der Waals surface area contributed by atoms with Crippen molar-refractivity contribution in [2.75, 3.05) is 45.9 Å². The van der Waals surface area contributed by atoms with E-state index in [0.717, 1.165) is 58.7 Å². The van der Waals surface area contributed by atoms with Crippen LogP contribution < -0.4 is 10.6 Å². The van der Waals surface area contributed by atoms with E-state index in [1.165, 1.54) is 0 Å². The van der Waals surface area contributed by atoms with Crippen LogP contribution in [0.3, 0.4) is 0 Å². The zero-order valence-electron chi connectivity index (χ0n) is 12.3. The van der Waals surface area contributed by atoms with E-state index in [0.29, 0.717) is 12.1 Å². The van der Waals surface area contributed by atoms with Crippen molar-refractivity contribution in [2.24, 2.45) is 0 Å². The van der Waals surface area contributed by atoms with Crippen molar-refractivity contribution < 1.29 is 14.3 Å². The van der Waals surface area contributed by atoms with Crippen molar-refractivity contribution >= 4 is 11.9 Å². The standard InChI is InChI=1S/C14H24N4O3/c19-13(7-15-14(20)17-4-1-2-5-17)18-8-12(9-18)16-11-3-6-21-10-11/h11-12,16H,1-10H2,(H,15,20). The van der Waals surface area contributed by atoms with E-state index in [1.54, 1.807) is 9.80 Å². The lowest BCUT2D eigenvalue weighted by Crippen LogP contribution is -2.63. The fourth-order valence-corrected chi connectivity index (χ4v) is 3.08. The number of carbonyl (C=O) groups is 2. The Bertz CT molecular complexity index is 386. The molecule has 7 nitrogen and oxygen atoms in total. The first-order chi connectivity index (χ1) is 10.2. The Labute approximate surface area is 125 Å². The Morgan fingerprint density at radius 1 is 1.10 bits per heavy atom. The number of hydrogen-bond acceptors (Lipinski definition) is 4. The summed E-state index contributed by atoms with van der Waals surface area (Å²) in [6, 6.07) is 0.691. The summed E-state index contributed by atoms with van der Waals surface area (Å²) in [6.45, 7) is 4.78. The molecule has 7 heteroatoms. The lowest BCUT2D eigenvalue weighted by Gasteiger charge is -2.41. The van der Waals surface area contributed by atoms with Gasteiger partial charge in [0.15, 0.2) is 0 Å². The molecule has 0 aromatic heterocycles. The van der Waals surface area contributed by atoms with Gasteiger partial charge in [0.1, 0.15) is 0 Å². The zero-order valence-corrected chi connectivity index (χ0v) is 12.3. The Morgan fingerprint density at radius 3 is 2.52 bits per heavy atom. The molecular weight excluding hydrogens is 272 g/mol. The molecule has 0 aromatic carbocycles. The molecule has 3 fully saturated rings. The number of nitrogens with zero attached hydrogens (tertiary/aromatic N) is 2. The summed E-state index contributed by atoms with van der Waals surface area (Å²) in [6.07, 6.45) is 3.17. The first-order valence-electron chi connectivity index (χ1n) is 7.87. The fraction of sp³-hybridized carbons (Fsp3) is 0.857. The Kier molecular flexibility index (Phi) is 4.60. The molecule has 1 unspecified atom stereocenters. The maximum Gasteiger partial charge on any atom is 0.317 e. The third-order valence-corrected chi connectivity index (χ3v) is 4.42. The van der Waals surface area contributed by atoms with Crippen LogP contribution in [-0.4, -0.2) is 79.8 Å². The van der Waals surface area contributed by atoms with E-state index in [-0.39, 0.29) is 18.5 Å². The van der Waals surface area contributed by atoms with Gasteiger partial charge in [-0.05, 0) is 19.3 Å². The van der Waals surface area contributed by atoms with Gasteiger partial charge in [0, 0.05) is 44.9 Å². The Balaban J connectivity index is 1.30. The summed E-state index contributed by atoms with van der Waals surface area (Å²) < 4.78 is 5.32. The second kappa shape index (κ2) is 6.62. The third kappa shape index (κ3) is 3.65. The van der Waals surface area contributed by atoms with Crippen LogP contribution in [0.15, 0.2) is 0 Å². The predicted octanol–water partition coefficient (Wildman–Crippen LogP) is -0.619. The number of rotatable bonds is 4. The first kappa shape index (κ1) is 14.6. The van der Waals surface area contributed by atoms with Crippen LogP contribution in [0, 0.1) is 0 Å². The Morgan fingerprint density at radius 2 is 1.86 bits per heavy atom. The van der Waals surface area contributed by atoms with E-state index in [2.05, 4.69) is 10.6 Å². The molecule has 21 heavy (non-hydrogen) atoms. The highest BCUT2D eigenvalue weighted by Gasteiger charge is 2.32. The fourth-order valence-electron chi connectivity index (χ4n) is 3.08. The van der Waals surface area contributed by atoms with Crippen LogP contribution in [0.1, 0.15) is 19.3 Å². The minimum atomic E-state index is -0.112. The van der Waals surface area contributed by atoms with E-state index in [1.807, 2.05) is 0 Å². The van der Waals surface area contributed by atoms with Gasteiger partial charge >= 0.3 is 6.03 Å². The maximum absolute atomic E-state index is 12.0. The first-order valence-corrected chi connectivity index (χ1v) is 7.87. The monoisotopic (exact) mass is 296 g/mol. The van der Waals surface area contributed by atoms with E-state index < -0.39 is 0 Å². The number of carbonyl (C=O) groups excluding carboxylic acids is 2. The molecule has 0 bridgehead atoms. The van der Waals surface area contributed by atoms with Crippen LogP contribution in [0.2, 0.25) is 0 Å². The number of nitrogens with one attached hydrogen (secondary N) is 2. The molecule has 0 aromatic rings. The molecule has 3 aliphatic rings. The average molecular weight is 296 g/mol. The highest BCUT2D eigenvalue weighted by atomic mass is 16.5. The highest BCUT2D eigenvalue weighted by molar-refractivity contribution is 5.84. The van der Waals surface area contributed by atoms with Crippen molar-refractivity contribution in [3.05, 3.63) is 0 Å². The van der Waals surface area contributed by atoms with Gasteiger partial charge in [-0.2, -0.15) is 0 Å². The molecule has 3 heterocycles. The molecule has 0 aliphatic carbocycles. The summed E-state index contributed by atoms with van der Waals surface area (Å²) in [5.74, 6) is 0.00303. The number of amides is 3. The summed E-state index contributed by atoms with van der Waals surface area (Å²) in [4.78, 5) is 27.3. The van der Waals surface area contributed by atoms with Gasteiger partial charge in [-0.3, -0.25) is 4.79 Å². The van der Waals surface area contributed by atoms with Crippen LogP contribution in [0.25, 0.3) is 0 Å². The van der Waals surface area contributed by atoms with Crippen molar-refractivity contribution in [2.45, 2.75) is 31.3 Å². The molecule has 3 saturated heterocycles. The topological polar surface area (TPSA) is 73.9 Å². The number of urea groups is 1. The second-order valence-corrected chi connectivity index (χ2v) is 6.08. The molecule has 3 aliphatic heterocycles. The number of hydrogen-bond donors (Lipinski definition) is 2. The van der Waals surface area contributed by atoms with Gasteiger partial charge in [0.2, 0.25) is 5.91 Å². The SMILES string of the molecule is O=C(CNC(=O)N1CCCC1)N1CC(NC2CCOC2)C1. The lowest BCUT2D eigenvalue weighted by molar-refractivity contribution is -0.135. The van der Waals surface area contributed by atoms with Gasteiger partial charge in [0.25, 0.3) is 0 Å². The molecule has 0 saturated carbocycles. The molecule has 2 N–H and O–H groups in total. The quantitative estimate of drug-likeness (QED) is 0.725. The smallest absolute Gasteiger partial charge is 0.317 e. The zero-order chi connectivity index (χ0) is 14.7. The second-order valence-electron chi connectivity index (χ2n) is 6.08. The molecule has 118 valence electrons. The van der Waals surface area contributed by atoms with Gasteiger partial charge in [-0.1, -0.05) is 0 Å². The largest absolute Gasteiger partial charge is 0.380 e. The molecule has 3 rings (SSSR count). The molecule has 0 radical (unpaired) electrons. The molecule has 1 atom stereocenters. The number of ether oxygens (including phenoxy) is 1. The minimum absolute atomic E-state index is 0.00303. The van der Waals surface area contributed by atoms with Crippen LogP contribution >= 0.6 is 0 Å². The van der Waals surface area contributed by atoms with Crippen molar-refractivity contribution in [3.8, 4) is 0 Å². The summed E-state index contributed by atoms with van der Waals surface area (Å²) in [7, 11) is 0. The van der Waals surface area contributed by atoms with E-state index in [9.17, 15) is 9.59 Å². The van der Waals surface area contributed by atoms with Gasteiger partial charge in [0.05, 0.1) is 13.2 Å². The van der Waals surface area contributed by atoms with E-state index >= 15 is 0 Å². The lowest BCUT2D eigenvalue weighted by atomic mass is 10.1. The molecular formula is C14H24N4O3. The molecule has 3 amide bonds. The van der Waals surface area contributed by atoms with Crippen molar-refractivity contribution in [1.29, 1.82) is 0 Å². The normalized spacial score (nSPS) is 26.0. The van der Waals surface area contributed by atoms with Crippen molar-refractivity contribution in [3.63, 3.8) is 0 Å². The highest BCUT2D eigenvalue weighted by Crippen LogP contribution is 2.12. The average Bonchev–Trinajstić information content (AvgIpc) is 3.11. The summed E-state index contributed by atoms with van der Waals surface area (Å²) in [5.41, 5.74) is 0. The third-order valence-electron chi connectivity index (χ3n) is 4.42. The predicted molar refractivity (Wildman–Crippen MR) is 76.9 cm³/mol. The summed E-state index contributed by atoms with van der Waals surface area (Å²) in [5, 5.41) is 6.21. The van der Waals surface area contributed by atoms with E-state index in [4.69, 9.17) is 4.74 Å². The van der Waals surface area contributed by atoms with Gasteiger partial charge in [-0.15, -0.1) is 0 Å².